The number of nitrogens with two attached hydrogens (primary N) is 1. The molecule has 1 fully saturated rings. The number of amidine groups is 1. The zero-order valence-electron chi connectivity index (χ0n) is 10.7. The van der Waals surface area contributed by atoms with Crippen LogP contribution in [0.5, 0.6) is 0 Å². The smallest absolute Gasteiger partial charge is 0.230 e. The molecule has 1 rings (SSSR count). The van der Waals surface area contributed by atoms with Gasteiger partial charge in [-0.25, -0.2) is 0 Å². The molecule has 0 aliphatic heterocycles. The number of oxime groups is 1. The van der Waals surface area contributed by atoms with Crippen molar-refractivity contribution in [2.75, 3.05) is 6.54 Å². The highest BCUT2D eigenvalue weighted by molar-refractivity contribution is 6.01. The van der Waals surface area contributed by atoms with E-state index >= 15 is 0 Å². The molecule has 4 N–H and O–H groups in total. The molecule has 1 amide bonds. The zero-order chi connectivity index (χ0) is 12.9. The van der Waals surface area contributed by atoms with Gasteiger partial charge >= 0.3 is 0 Å². The van der Waals surface area contributed by atoms with E-state index < -0.39 is 5.92 Å². The number of nitrogens with zero attached hydrogens (tertiary/aromatic N) is 1. The maximum Gasteiger partial charge on any atom is 0.230 e. The van der Waals surface area contributed by atoms with Crippen molar-refractivity contribution in [1.82, 2.24) is 5.32 Å². The minimum absolute atomic E-state index is 0.0124. The molecule has 0 radical (unpaired) electrons. The van der Waals surface area contributed by atoms with Gasteiger partial charge in [-0.1, -0.05) is 31.8 Å². The molecule has 0 aromatic rings. The van der Waals surface area contributed by atoms with Crippen LogP contribution in [0.4, 0.5) is 0 Å². The molecule has 1 aliphatic carbocycles. The topological polar surface area (TPSA) is 87.7 Å². The normalized spacial score (nSPS) is 21.2. The molecular formula is C12H23N3O2. The highest BCUT2D eigenvalue weighted by atomic mass is 16.4. The molecule has 5 heteroatoms. The predicted octanol–water partition coefficient (Wildman–Crippen LogP) is 1.46. The van der Waals surface area contributed by atoms with Gasteiger partial charge in [0.05, 0.1) is 5.92 Å². The quantitative estimate of drug-likeness (QED) is 0.295. The first-order valence-electron chi connectivity index (χ1n) is 6.27. The molecule has 5 nitrogen and oxygen atoms in total. The Labute approximate surface area is 102 Å². The van der Waals surface area contributed by atoms with Crippen LogP contribution in [0.15, 0.2) is 5.16 Å². The first kappa shape index (κ1) is 13.8. The third-order valence-corrected chi connectivity index (χ3v) is 3.70. The lowest BCUT2D eigenvalue weighted by Crippen LogP contribution is -2.42. The van der Waals surface area contributed by atoms with E-state index in [1.54, 1.807) is 0 Å². The van der Waals surface area contributed by atoms with Crippen LogP contribution >= 0.6 is 0 Å². The lowest BCUT2D eigenvalue weighted by Gasteiger charge is -2.25. The second kappa shape index (κ2) is 5.89. The Hall–Kier alpha value is -1.26. The minimum Gasteiger partial charge on any atom is -0.409 e. The van der Waals surface area contributed by atoms with E-state index in [1.165, 1.54) is 12.8 Å². The van der Waals surface area contributed by atoms with Crippen LogP contribution in [0, 0.1) is 11.3 Å². The first-order chi connectivity index (χ1) is 8.02. The van der Waals surface area contributed by atoms with E-state index in [0.29, 0.717) is 13.0 Å². The van der Waals surface area contributed by atoms with Crippen molar-refractivity contribution in [3.05, 3.63) is 0 Å². The number of nitrogens with one attached hydrogen (secondary N) is 1. The molecular weight excluding hydrogens is 218 g/mol. The lowest BCUT2D eigenvalue weighted by atomic mass is 9.88. The van der Waals surface area contributed by atoms with Gasteiger partial charge in [-0.05, 0) is 24.7 Å². The average molecular weight is 241 g/mol. The molecule has 17 heavy (non-hydrogen) atoms. The van der Waals surface area contributed by atoms with Gasteiger partial charge in [0.25, 0.3) is 0 Å². The Morgan fingerprint density at radius 3 is 2.59 bits per heavy atom. The number of hydrogen-bond donors (Lipinski definition) is 3. The zero-order valence-corrected chi connectivity index (χ0v) is 10.7. The summed E-state index contributed by atoms with van der Waals surface area (Å²) < 4.78 is 0. The number of hydrogen-bond acceptors (Lipinski definition) is 3. The lowest BCUT2D eigenvalue weighted by molar-refractivity contribution is -0.123. The van der Waals surface area contributed by atoms with Crippen molar-refractivity contribution in [2.45, 2.75) is 46.0 Å². The molecule has 98 valence electrons. The van der Waals surface area contributed by atoms with Crippen molar-refractivity contribution >= 4 is 11.7 Å². The maximum absolute atomic E-state index is 11.9. The molecule has 1 atom stereocenters. The van der Waals surface area contributed by atoms with Gasteiger partial charge in [-0.15, -0.1) is 0 Å². The van der Waals surface area contributed by atoms with Crippen molar-refractivity contribution in [1.29, 1.82) is 0 Å². The summed E-state index contributed by atoms with van der Waals surface area (Å²) in [5.74, 6) is -0.678. The SMILES string of the molecule is CCC(C(=O)NCC1(C)CCCC1)C(N)=NO. The molecule has 0 saturated heterocycles. The van der Waals surface area contributed by atoms with Crippen LogP contribution in [0.1, 0.15) is 46.0 Å². The Morgan fingerprint density at radius 1 is 1.53 bits per heavy atom. The number of amides is 1. The Morgan fingerprint density at radius 2 is 2.12 bits per heavy atom. The van der Waals surface area contributed by atoms with Crippen molar-refractivity contribution in [2.24, 2.45) is 22.2 Å². The average Bonchev–Trinajstić information content (AvgIpc) is 2.75. The van der Waals surface area contributed by atoms with Crippen LogP contribution in [-0.4, -0.2) is 23.5 Å². The van der Waals surface area contributed by atoms with E-state index in [9.17, 15) is 4.79 Å². The number of rotatable bonds is 5. The summed E-state index contributed by atoms with van der Waals surface area (Å²) in [7, 11) is 0. The first-order valence-corrected chi connectivity index (χ1v) is 6.27. The standard InChI is InChI=1S/C12H23N3O2/c1-3-9(10(13)15-17)11(16)14-8-12(2)6-4-5-7-12/h9,17H,3-8H2,1-2H3,(H2,13,15)(H,14,16). The number of carbonyl (C=O) groups is 1. The summed E-state index contributed by atoms with van der Waals surface area (Å²) in [6, 6.07) is 0. The molecule has 1 saturated carbocycles. The summed E-state index contributed by atoms with van der Waals surface area (Å²) in [6.45, 7) is 4.73. The van der Waals surface area contributed by atoms with Gasteiger partial charge in [-0.2, -0.15) is 0 Å². The molecule has 0 spiro atoms. The Kier molecular flexibility index (Phi) is 4.78. The summed E-state index contributed by atoms with van der Waals surface area (Å²) in [5, 5.41) is 14.4. The van der Waals surface area contributed by atoms with E-state index in [4.69, 9.17) is 10.9 Å². The van der Waals surface area contributed by atoms with Gasteiger partial charge in [0, 0.05) is 6.54 Å². The monoisotopic (exact) mass is 241 g/mol. The molecule has 0 aromatic heterocycles. The van der Waals surface area contributed by atoms with Crippen LogP contribution in [0.2, 0.25) is 0 Å². The second-order valence-corrected chi connectivity index (χ2v) is 5.22. The largest absolute Gasteiger partial charge is 0.409 e. The van der Waals surface area contributed by atoms with E-state index in [0.717, 1.165) is 12.8 Å². The minimum atomic E-state index is -0.523. The third-order valence-electron chi connectivity index (χ3n) is 3.70. The van der Waals surface area contributed by atoms with Crippen molar-refractivity contribution in [3.8, 4) is 0 Å². The Bertz CT molecular complexity index is 296. The molecule has 1 unspecified atom stereocenters. The fraction of sp³-hybridized carbons (Fsp3) is 0.833. The summed E-state index contributed by atoms with van der Waals surface area (Å²) >= 11 is 0. The number of carbonyl (C=O) groups excluding carboxylic acids is 1. The van der Waals surface area contributed by atoms with E-state index in [1.807, 2.05) is 6.92 Å². The Balaban J connectivity index is 2.48. The van der Waals surface area contributed by atoms with Crippen LogP contribution in [0.3, 0.4) is 0 Å². The van der Waals surface area contributed by atoms with Crippen LogP contribution in [0.25, 0.3) is 0 Å². The van der Waals surface area contributed by atoms with Gasteiger partial charge < -0.3 is 16.3 Å². The van der Waals surface area contributed by atoms with Crippen LogP contribution in [-0.2, 0) is 4.79 Å². The van der Waals surface area contributed by atoms with Gasteiger partial charge in [-0.3, -0.25) is 4.79 Å². The fourth-order valence-corrected chi connectivity index (χ4v) is 2.43. The summed E-state index contributed by atoms with van der Waals surface area (Å²) in [4.78, 5) is 11.9. The van der Waals surface area contributed by atoms with Crippen molar-refractivity contribution in [3.63, 3.8) is 0 Å². The molecule has 0 bridgehead atoms. The third kappa shape index (κ3) is 3.61. The molecule has 0 heterocycles. The highest BCUT2D eigenvalue weighted by Crippen LogP contribution is 2.36. The fourth-order valence-electron chi connectivity index (χ4n) is 2.43. The molecule has 0 aromatic carbocycles. The van der Waals surface area contributed by atoms with E-state index in [-0.39, 0.29) is 17.2 Å². The van der Waals surface area contributed by atoms with Crippen LogP contribution < -0.4 is 11.1 Å². The maximum atomic E-state index is 11.9. The highest BCUT2D eigenvalue weighted by Gasteiger charge is 2.30. The second-order valence-electron chi connectivity index (χ2n) is 5.22. The molecule has 1 aliphatic rings. The van der Waals surface area contributed by atoms with Crippen molar-refractivity contribution < 1.29 is 10.0 Å². The summed E-state index contributed by atoms with van der Waals surface area (Å²) in [5.41, 5.74) is 5.71. The van der Waals surface area contributed by atoms with Gasteiger partial charge in [0.2, 0.25) is 5.91 Å². The van der Waals surface area contributed by atoms with Gasteiger partial charge in [0.1, 0.15) is 0 Å². The summed E-state index contributed by atoms with van der Waals surface area (Å²) in [6.07, 6.45) is 5.34. The van der Waals surface area contributed by atoms with Gasteiger partial charge in [0.15, 0.2) is 5.84 Å². The van der Waals surface area contributed by atoms with E-state index in [2.05, 4.69) is 17.4 Å². The predicted molar refractivity (Wildman–Crippen MR) is 66.8 cm³/mol.